The van der Waals surface area contributed by atoms with E-state index in [1.165, 1.54) is 11.1 Å². The smallest absolute Gasteiger partial charge is 0.0338 e. The van der Waals surface area contributed by atoms with Gasteiger partial charge in [0.1, 0.15) is 0 Å². The molecule has 0 aromatic carbocycles. The second-order valence-electron chi connectivity index (χ2n) is 3.89. The molecule has 0 amide bonds. The Morgan fingerprint density at radius 2 is 2.40 bits per heavy atom. The number of nitrogens with zero attached hydrogens (tertiary/aromatic N) is 1. The van der Waals surface area contributed by atoms with Crippen molar-refractivity contribution < 1.29 is 0 Å². The van der Waals surface area contributed by atoms with Crippen LogP contribution in [-0.4, -0.2) is 11.5 Å². The zero-order chi connectivity index (χ0) is 11.1. The van der Waals surface area contributed by atoms with E-state index in [2.05, 4.69) is 36.8 Å². The summed E-state index contributed by atoms with van der Waals surface area (Å²) in [5.41, 5.74) is 2.50. The van der Waals surface area contributed by atoms with Crippen molar-refractivity contribution in [1.82, 2.24) is 10.3 Å². The standard InChI is InChI=1S/C13H20N2/c1-4-15-13(8-7-11(2)3)12-6-5-9-14-10-12/h5-6,9-10,13,15H,2,4,7-8H2,1,3H3. The van der Waals surface area contributed by atoms with Crippen molar-refractivity contribution in [3.8, 4) is 0 Å². The fraction of sp³-hybridized carbons (Fsp3) is 0.462. The van der Waals surface area contributed by atoms with E-state index in [9.17, 15) is 0 Å². The molecule has 0 bridgehead atoms. The van der Waals surface area contributed by atoms with Crippen molar-refractivity contribution in [2.75, 3.05) is 6.54 Å². The van der Waals surface area contributed by atoms with Gasteiger partial charge in [-0.05, 0) is 37.9 Å². The van der Waals surface area contributed by atoms with Gasteiger partial charge >= 0.3 is 0 Å². The third-order valence-corrected chi connectivity index (χ3v) is 2.40. The van der Waals surface area contributed by atoms with E-state index < -0.39 is 0 Å². The monoisotopic (exact) mass is 204 g/mol. The van der Waals surface area contributed by atoms with Gasteiger partial charge in [-0.15, -0.1) is 6.58 Å². The van der Waals surface area contributed by atoms with Crippen LogP contribution in [0.15, 0.2) is 36.7 Å². The van der Waals surface area contributed by atoms with Gasteiger partial charge in [-0.25, -0.2) is 0 Å². The van der Waals surface area contributed by atoms with Crippen molar-refractivity contribution in [3.63, 3.8) is 0 Å². The molecular formula is C13H20N2. The summed E-state index contributed by atoms with van der Waals surface area (Å²) >= 11 is 0. The molecule has 0 aliphatic rings. The number of pyridine rings is 1. The van der Waals surface area contributed by atoms with E-state index in [0.717, 1.165) is 19.4 Å². The van der Waals surface area contributed by atoms with Crippen LogP contribution in [0.25, 0.3) is 0 Å². The SMILES string of the molecule is C=C(C)CCC(NCC)c1cccnc1. The average molecular weight is 204 g/mol. The molecule has 82 valence electrons. The fourth-order valence-electron chi connectivity index (χ4n) is 1.61. The lowest BCUT2D eigenvalue weighted by molar-refractivity contribution is 0.513. The molecule has 0 saturated carbocycles. The minimum absolute atomic E-state index is 0.403. The number of hydrogen-bond donors (Lipinski definition) is 1. The van der Waals surface area contributed by atoms with E-state index in [0.29, 0.717) is 6.04 Å². The van der Waals surface area contributed by atoms with E-state index >= 15 is 0 Å². The maximum atomic E-state index is 4.15. The van der Waals surface area contributed by atoms with E-state index in [1.54, 1.807) is 0 Å². The normalized spacial score (nSPS) is 12.4. The second kappa shape index (κ2) is 6.36. The van der Waals surface area contributed by atoms with Crippen LogP contribution in [0.5, 0.6) is 0 Å². The lowest BCUT2D eigenvalue weighted by atomic mass is 10.0. The summed E-state index contributed by atoms with van der Waals surface area (Å²) in [6, 6.07) is 4.51. The number of aromatic nitrogens is 1. The number of allylic oxidation sites excluding steroid dienone is 1. The van der Waals surface area contributed by atoms with Gasteiger partial charge < -0.3 is 5.32 Å². The Morgan fingerprint density at radius 3 is 2.93 bits per heavy atom. The van der Waals surface area contributed by atoms with Crippen molar-refractivity contribution in [3.05, 3.63) is 42.2 Å². The number of hydrogen-bond acceptors (Lipinski definition) is 2. The molecule has 2 nitrogen and oxygen atoms in total. The van der Waals surface area contributed by atoms with E-state index in [1.807, 2.05) is 18.5 Å². The van der Waals surface area contributed by atoms with Gasteiger partial charge in [0.05, 0.1) is 0 Å². The molecule has 1 aromatic rings. The fourth-order valence-corrected chi connectivity index (χ4v) is 1.61. The van der Waals surface area contributed by atoms with Crippen molar-refractivity contribution in [1.29, 1.82) is 0 Å². The third-order valence-electron chi connectivity index (χ3n) is 2.40. The number of rotatable bonds is 6. The van der Waals surface area contributed by atoms with Crippen molar-refractivity contribution in [2.24, 2.45) is 0 Å². The maximum absolute atomic E-state index is 4.15. The maximum Gasteiger partial charge on any atom is 0.0338 e. The molecule has 1 N–H and O–H groups in total. The Morgan fingerprint density at radius 1 is 1.60 bits per heavy atom. The Hall–Kier alpha value is -1.15. The Kier molecular flexibility index (Phi) is 5.05. The largest absolute Gasteiger partial charge is 0.310 e. The molecule has 1 unspecified atom stereocenters. The molecule has 0 spiro atoms. The summed E-state index contributed by atoms with van der Waals surface area (Å²) in [7, 11) is 0. The van der Waals surface area contributed by atoms with Crippen LogP contribution in [0.2, 0.25) is 0 Å². The lowest BCUT2D eigenvalue weighted by Crippen LogP contribution is -2.21. The van der Waals surface area contributed by atoms with Gasteiger partial charge in [0.25, 0.3) is 0 Å². The molecule has 1 heterocycles. The van der Waals surface area contributed by atoms with Crippen molar-refractivity contribution in [2.45, 2.75) is 32.7 Å². The van der Waals surface area contributed by atoms with Crippen LogP contribution in [-0.2, 0) is 0 Å². The topological polar surface area (TPSA) is 24.9 Å². The average Bonchev–Trinajstić information content (AvgIpc) is 2.25. The summed E-state index contributed by atoms with van der Waals surface area (Å²) in [6.45, 7) is 9.12. The molecular weight excluding hydrogens is 184 g/mol. The lowest BCUT2D eigenvalue weighted by Gasteiger charge is -2.17. The minimum Gasteiger partial charge on any atom is -0.310 e. The minimum atomic E-state index is 0.403. The first-order valence-electron chi connectivity index (χ1n) is 5.51. The van der Waals surface area contributed by atoms with E-state index in [-0.39, 0.29) is 0 Å². The van der Waals surface area contributed by atoms with Crippen LogP contribution in [0, 0.1) is 0 Å². The molecule has 0 aliphatic carbocycles. The van der Waals surface area contributed by atoms with Gasteiger partial charge in [-0.2, -0.15) is 0 Å². The van der Waals surface area contributed by atoms with Crippen LogP contribution < -0.4 is 5.32 Å². The number of nitrogens with one attached hydrogen (secondary N) is 1. The predicted octanol–water partition coefficient (Wildman–Crippen LogP) is 3.09. The Balaban J connectivity index is 2.61. The zero-order valence-corrected chi connectivity index (χ0v) is 9.66. The third kappa shape index (κ3) is 4.26. The molecule has 1 aromatic heterocycles. The summed E-state index contributed by atoms with van der Waals surface area (Å²) in [6.07, 6.45) is 5.90. The van der Waals surface area contributed by atoms with Crippen LogP contribution in [0.1, 0.15) is 38.3 Å². The first-order chi connectivity index (χ1) is 7.24. The Bertz CT molecular complexity index is 293. The van der Waals surface area contributed by atoms with E-state index in [4.69, 9.17) is 0 Å². The first-order valence-corrected chi connectivity index (χ1v) is 5.51. The highest BCUT2D eigenvalue weighted by Gasteiger charge is 2.09. The molecule has 1 atom stereocenters. The summed E-state index contributed by atoms with van der Waals surface area (Å²) in [5.74, 6) is 0. The molecule has 0 aliphatic heterocycles. The summed E-state index contributed by atoms with van der Waals surface area (Å²) in [4.78, 5) is 4.15. The molecule has 1 rings (SSSR count). The summed E-state index contributed by atoms with van der Waals surface area (Å²) in [5, 5.41) is 3.47. The molecule has 15 heavy (non-hydrogen) atoms. The highest BCUT2D eigenvalue weighted by atomic mass is 14.9. The zero-order valence-electron chi connectivity index (χ0n) is 9.66. The molecule has 0 radical (unpaired) electrons. The molecule has 0 saturated heterocycles. The van der Waals surface area contributed by atoms with Gasteiger partial charge in [0.15, 0.2) is 0 Å². The van der Waals surface area contributed by atoms with Gasteiger partial charge in [0, 0.05) is 18.4 Å². The van der Waals surface area contributed by atoms with Crippen molar-refractivity contribution >= 4 is 0 Å². The second-order valence-corrected chi connectivity index (χ2v) is 3.89. The van der Waals surface area contributed by atoms with Crippen LogP contribution in [0.3, 0.4) is 0 Å². The molecule has 2 heteroatoms. The molecule has 0 fully saturated rings. The van der Waals surface area contributed by atoms with Gasteiger partial charge in [0.2, 0.25) is 0 Å². The Labute approximate surface area is 92.4 Å². The van der Waals surface area contributed by atoms with Crippen LogP contribution >= 0.6 is 0 Å². The quantitative estimate of drug-likeness (QED) is 0.720. The highest BCUT2D eigenvalue weighted by Crippen LogP contribution is 2.19. The van der Waals surface area contributed by atoms with Gasteiger partial charge in [-0.3, -0.25) is 4.98 Å². The first kappa shape index (κ1) is 11.9. The highest BCUT2D eigenvalue weighted by molar-refractivity contribution is 5.14. The van der Waals surface area contributed by atoms with Gasteiger partial charge in [-0.1, -0.05) is 18.6 Å². The van der Waals surface area contributed by atoms with Crippen LogP contribution in [0.4, 0.5) is 0 Å². The predicted molar refractivity (Wildman–Crippen MR) is 64.7 cm³/mol. The summed E-state index contributed by atoms with van der Waals surface area (Å²) < 4.78 is 0.